The second kappa shape index (κ2) is 14.0. The van der Waals surface area contributed by atoms with E-state index in [1.807, 2.05) is 91.0 Å². The minimum absolute atomic E-state index is 0.0330. The molecule has 7 nitrogen and oxygen atoms in total. The Balaban J connectivity index is 1.42. The minimum atomic E-state index is -1.02. The molecule has 1 aliphatic rings. The van der Waals surface area contributed by atoms with Gasteiger partial charge in [-0.3, -0.25) is 14.9 Å². The lowest BCUT2D eigenvalue weighted by Crippen LogP contribution is -2.53. The lowest BCUT2D eigenvalue weighted by atomic mass is 10.0. The van der Waals surface area contributed by atoms with E-state index >= 15 is 0 Å². The molecule has 2 N–H and O–H groups in total. The van der Waals surface area contributed by atoms with Crippen molar-refractivity contribution in [2.24, 2.45) is 0 Å². The number of carboxylic acids is 1. The smallest absolute Gasteiger partial charge is 0.326 e. The van der Waals surface area contributed by atoms with E-state index in [4.69, 9.17) is 4.74 Å². The van der Waals surface area contributed by atoms with E-state index in [0.717, 1.165) is 16.0 Å². The highest BCUT2D eigenvalue weighted by molar-refractivity contribution is 8.00. The second-order valence-electron chi connectivity index (χ2n) is 9.69. The number of carbonyl (C=O) groups is 3. The number of amides is 1. The van der Waals surface area contributed by atoms with Crippen molar-refractivity contribution in [3.63, 3.8) is 0 Å². The zero-order valence-electron chi connectivity index (χ0n) is 21.9. The standard InChI is InChI=1S/C31H34N2O5S/c1-22(29(34)33-20-26(19-28(33)30(35)36)39-25-15-9-4-10-16-25)32-27(18-17-23-11-5-2-6-12-23)31(37)38-21-24-13-7-3-8-14-24/h2-16,22,26-28,32H,17-21H2,1H3,(H,35,36)/t22-,26-,27?,28-/m0/s1. The number of hydrogen-bond donors (Lipinski definition) is 2. The van der Waals surface area contributed by atoms with Gasteiger partial charge < -0.3 is 14.7 Å². The largest absolute Gasteiger partial charge is 0.480 e. The van der Waals surface area contributed by atoms with Gasteiger partial charge in [0.1, 0.15) is 18.7 Å². The summed E-state index contributed by atoms with van der Waals surface area (Å²) in [6.45, 7) is 2.14. The molecule has 1 amide bonds. The molecule has 1 saturated heterocycles. The van der Waals surface area contributed by atoms with Crippen LogP contribution in [0.15, 0.2) is 95.9 Å². The third kappa shape index (κ3) is 8.18. The molecule has 3 aromatic carbocycles. The van der Waals surface area contributed by atoms with Gasteiger partial charge in [-0.1, -0.05) is 78.9 Å². The van der Waals surface area contributed by atoms with Crippen molar-refractivity contribution in [1.29, 1.82) is 0 Å². The Kier molecular flexibility index (Phi) is 10.2. The van der Waals surface area contributed by atoms with Crippen LogP contribution in [0.2, 0.25) is 0 Å². The van der Waals surface area contributed by atoms with Crippen LogP contribution in [0.25, 0.3) is 0 Å². The molecular formula is C31H34N2O5S. The number of nitrogens with one attached hydrogen (secondary N) is 1. The van der Waals surface area contributed by atoms with Gasteiger partial charge >= 0.3 is 11.9 Å². The summed E-state index contributed by atoms with van der Waals surface area (Å²) < 4.78 is 5.60. The van der Waals surface area contributed by atoms with Crippen molar-refractivity contribution < 1.29 is 24.2 Å². The third-order valence-corrected chi connectivity index (χ3v) is 7.99. The van der Waals surface area contributed by atoms with Crippen LogP contribution in [0.1, 0.15) is 30.9 Å². The molecule has 0 aromatic heterocycles. The number of ether oxygens (including phenoxy) is 1. The lowest BCUT2D eigenvalue weighted by Gasteiger charge is -2.28. The third-order valence-electron chi connectivity index (χ3n) is 6.77. The number of likely N-dealkylation sites (tertiary alicyclic amines) is 1. The number of rotatable bonds is 12. The van der Waals surface area contributed by atoms with Gasteiger partial charge in [0.25, 0.3) is 0 Å². The Morgan fingerprint density at radius 2 is 1.54 bits per heavy atom. The van der Waals surface area contributed by atoms with Crippen LogP contribution in [-0.4, -0.2) is 57.8 Å². The SMILES string of the molecule is C[C@H](NC(CCc1ccccc1)C(=O)OCc1ccccc1)C(=O)N1C[C@@H](Sc2ccccc2)C[C@H]1C(=O)O. The second-order valence-corrected chi connectivity index (χ2v) is 11.1. The summed E-state index contributed by atoms with van der Waals surface area (Å²) in [7, 11) is 0. The quantitative estimate of drug-likeness (QED) is 0.322. The number of carboxylic acid groups (broad SMARTS) is 1. The first kappa shape index (κ1) is 28.4. The summed E-state index contributed by atoms with van der Waals surface area (Å²) in [6, 6.07) is 26.6. The molecule has 3 aromatic rings. The van der Waals surface area contributed by atoms with Crippen molar-refractivity contribution in [3.8, 4) is 0 Å². The molecule has 204 valence electrons. The highest BCUT2D eigenvalue weighted by atomic mass is 32.2. The van der Waals surface area contributed by atoms with E-state index in [-0.39, 0.29) is 17.8 Å². The van der Waals surface area contributed by atoms with Crippen LogP contribution in [0, 0.1) is 0 Å². The number of nitrogens with zero attached hydrogens (tertiary/aromatic N) is 1. The van der Waals surface area contributed by atoms with Gasteiger partial charge in [-0.15, -0.1) is 11.8 Å². The highest BCUT2D eigenvalue weighted by Gasteiger charge is 2.41. The molecule has 0 saturated carbocycles. The molecule has 1 aliphatic heterocycles. The Bertz CT molecular complexity index is 1230. The topological polar surface area (TPSA) is 95.9 Å². The lowest BCUT2D eigenvalue weighted by molar-refractivity contribution is -0.151. The molecule has 1 fully saturated rings. The molecule has 1 unspecified atom stereocenters. The van der Waals surface area contributed by atoms with Crippen molar-refractivity contribution in [2.75, 3.05) is 6.54 Å². The maximum Gasteiger partial charge on any atom is 0.326 e. The van der Waals surface area contributed by atoms with Crippen LogP contribution in [0.4, 0.5) is 0 Å². The average Bonchev–Trinajstić information content (AvgIpc) is 3.39. The molecule has 0 bridgehead atoms. The number of esters is 1. The summed E-state index contributed by atoms with van der Waals surface area (Å²) in [4.78, 5) is 41.2. The summed E-state index contributed by atoms with van der Waals surface area (Å²) in [5.41, 5.74) is 1.95. The zero-order chi connectivity index (χ0) is 27.6. The monoisotopic (exact) mass is 546 g/mol. The molecule has 0 spiro atoms. The summed E-state index contributed by atoms with van der Waals surface area (Å²) in [5.74, 6) is -1.79. The molecule has 0 aliphatic carbocycles. The minimum Gasteiger partial charge on any atom is -0.480 e. The predicted octanol–water partition coefficient (Wildman–Crippen LogP) is 4.56. The fourth-order valence-electron chi connectivity index (χ4n) is 4.73. The van der Waals surface area contributed by atoms with Gasteiger partial charge in [-0.2, -0.15) is 0 Å². The summed E-state index contributed by atoms with van der Waals surface area (Å²) in [6.07, 6.45) is 1.42. The zero-order valence-corrected chi connectivity index (χ0v) is 22.8. The van der Waals surface area contributed by atoms with Crippen molar-refractivity contribution in [3.05, 3.63) is 102 Å². The van der Waals surface area contributed by atoms with Gasteiger partial charge in [0.2, 0.25) is 5.91 Å². The Hall–Kier alpha value is -3.62. The number of benzene rings is 3. The van der Waals surface area contributed by atoms with Gasteiger partial charge in [-0.25, -0.2) is 4.79 Å². The molecular weight excluding hydrogens is 512 g/mol. The number of aliphatic carboxylic acids is 1. The molecule has 8 heteroatoms. The average molecular weight is 547 g/mol. The Morgan fingerprint density at radius 1 is 0.949 bits per heavy atom. The molecule has 4 rings (SSSR count). The van der Waals surface area contributed by atoms with E-state index < -0.39 is 30.1 Å². The fraction of sp³-hybridized carbons (Fsp3) is 0.323. The van der Waals surface area contributed by atoms with Crippen molar-refractivity contribution in [1.82, 2.24) is 10.2 Å². The summed E-state index contributed by atoms with van der Waals surface area (Å²) >= 11 is 1.58. The van der Waals surface area contributed by atoms with Gasteiger partial charge in [-0.05, 0) is 49.4 Å². The van der Waals surface area contributed by atoms with Gasteiger partial charge in [0.15, 0.2) is 0 Å². The van der Waals surface area contributed by atoms with Crippen molar-refractivity contribution in [2.45, 2.75) is 61.1 Å². The van der Waals surface area contributed by atoms with Crippen LogP contribution in [-0.2, 0) is 32.1 Å². The van der Waals surface area contributed by atoms with E-state index in [1.54, 1.807) is 18.7 Å². The van der Waals surface area contributed by atoms with E-state index in [0.29, 0.717) is 25.8 Å². The first-order valence-corrected chi connectivity index (χ1v) is 14.0. The van der Waals surface area contributed by atoms with Crippen LogP contribution in [0.3, 0.4) is 0 Å². The van der Waals surface area contributed by atoms with E-state index in [9.17, 15) is 19.5 Å². The van der Waals surface area contributed by atoms with Crippen molar-refractivity contribution >= 4 is 29.6 Å². The number of hydrogen-bond acceptors (Lipinski definition) is 6. The van der Waals surface area contributed by atoms with Crippen LogP contribution in [0.5, 0.6) is 0 Å². The Morgan fingerprint density at radius 3 is 2.15 bits per heavy atom. The number of aryl methyl sites for hydroxylation is 1. The Labute approximate surface area is 233 Å². The normalized spacial score (nSPS) is 18.3. The predicted molar refractivity (Wildman–Crippen MR) is 151 cm³/mol. The molecule has 1 heterocycles. The van der Waals surface area contributed by atoms with E-state index in [1.165, 1.54) is 4.90 Å². The molecule has 39 heavy (non-hydrogen) atoms. The first-order chi connectivity index (χ1) is 18.9. The molecule has 0 radical (unpaired) electrons. The first-order valence-electron chi connectivity index (χ1n) is 13.2. The van der Waals surface area contributed by atoms with E-state index in [2.05, 4.69) is 5.32 Å². The number of carbonyl (C=O) groups excluding carboxylic acids is 2. The maximum atomic E-state index is 13.5. The number of thioether (sulfide) groups is 1. The van der Waals surface area contributed by atoms with Gasteiger partial charge in [0.05, 0.1) is 6.04 Å². The highest BCUT2D eigenvalue weighted by Crippen LogP contribution is 2.33. The molecule has 4 atom stereocenters. The van der Waals surface area contributed by atoms with Crippen LogP contribution >= 0.6 is 11.8 Å². The fourth-order valence-corrected chi connectivity index (χ4v) is 5.94. The summed E-state index contributed by atoms with van der Waals surface area (Å²) in [5, 5.41) is 13.0. The maximum absolute atomic E-state index is 13.5. The van der Waals surface area contributed by atoms with Crippen LogP contribution < -0.4 is 5.32 Å². The van der Waals surface area contributed by atoms with Gasteiger partial charge in [0, 0.05) is 16.7 Å².